The van der Waals surface area contributed by atoms with E-state index in [-0.39, 0.29) is 11.5 Å². The van der Waals surface area contributed by atoms with Gasteiger partial charge in [-0.15, -0.1) is 0 Å². The molecule has 2 aromatic rings. The summed E-state index contributed by atoms with van der Waals surface area (Å²) in [5.41, 5.74) is 1.82. The Hall–Kier alpha value is -2.19. The lowest BCUT2D eigenvalue weighted by molar-refractivity contribution is -0.136. The fraction of sp³-hybridized carbons (Fsp3) is 0.632. The maximum absolute atomic E-state index is 12.2. The molecule has 4 heterocycles. The number of ether oxygens (including phenoxy) is 1. The predicted octanol–water partition coefficient (Wildman–Crippen LogP) is 1.05. The van der Waals surface area contributed by atoms with Crippen LogP contribution in [0, 0.1) is 5.92 Å². The molecule has 4 rings (SSSR count). The minimum absolute atomic E-state index is 0.0298. The number of rotatable bonds is 7. The van der Waals surface area contributed by atoms with Crippen molar-refractivity contribution in [3.63, 3.8) is 0 Å². The predicted molar refractivity (Wildman–Crippen MR) is 100 cm³/mol. The topological polar surface area (TPSA) is 77.2 Å². The molecule has 1 spiro atoms. The third kappa shape index (κ3) is 3.64. The van der Waals surface area contributed by atoms with Gasteiger partial charge in [0.1, 0.15) is 5.69 Å². The summed E-state index contributed by atoms with van der Waals surface area (Å²) in [6, 6.07) is 1.74. The van der Waals surface area contributed by atoms with Gasteiger partial charge >= 0.3 is 0 Å². The van der Waals surface area contributed by atoms with E-state index in [1.54, 1.807) is 24.0 Å². The van der Waals surface area contributed by atoms with Crippen molar-refractivity contribution in [2.75, 3.05) is 26.2 Å². The molecule has 1 atom stereocenters. The Morgan fingerprint density at radius 3 is 2.96 bits per heavy atom. The fourth-order valence-corrected chi connectivity index (χ4v) is 4.33. The maximum Gasteiger partial charge on any atom is 0.269 e. The molecule has 2 aliphatic rings. The van der Waals surface area contributed by atoms with Crippen LogP contribution < -0.4 is 5.32 Å². The number of carbonyl (C=O) groups excluding carboxylic acids is 1. The molecule has 2 aromatic heterocycles. The molecule has 0 bridgehead atoms. The van der Waals surface area contributed by atoms with Gasteiger partial charge in [0, 0.05) is 64.3 Å². The summed E-state index contributed by atoms with van der Waals surface area (Å²) in [6.07, 6.45) is 7.73. The number of hydrogen-bond donors (Lipinski definition) is 1. The number of carbonyl (C=O) groups is 1. The number of aromatic nitrogens is 4. The first-order valence-electron chi connectivity index (χ1n) is 9.73. The number of amides is 1. The normalized spacial score (nSPS) is 21.5. The third-order valence-corrected chi connectivity index (χ3v) is 5.83. The van der Waals surface area contributed by atoms with Crippen molar-refractivity contribution in [3.8, 4) is 0 Å². The second-order valence-corrected chi connectivity index (χ2v) is 7.63. The monoisotopic (exact) mass is 372 g/mol. The van der Waals surface area contributed by atoms with E-state index in [1.807, 2.05) is 10.9 Å². The zero-order valence-electron chi connectivity index (χ0n) is 16.1. The average Bonchev–Trinajstić information content (AvgIpc) is 3.34. The Morgan fingerprint density at radius 2 is 2.26 bits per heavy atom. The molecule has 1 N–H and O–H groups in total. The first kappa shape index (κ1) is 18.2. The average molecular weight is 372 g/mol. The Labute approximate surface area is 159 Å². The van der Waals surface area contributed by atoms with Gasteiger partial charge < -0.3 is 10.1 Å². The van der Waals surface area contributed by atoms with Crippen LogP contribution in [0.3, 0.4) is 0 Å². The minimum atomic E-state index is -0.0638. The van der Waals surface area contributed by atoms with Crippen LogP contribution in [0.15, 0.2) is 24.7 Å². The van der Waals surface area contributed by atoms with Crippen molar-refractivity contribution in [1.29, 1.82) is 0 Å². The lowest BCUT2D eigenvalue weighted by Crippen LogP contribution is -2.64. The van der Waals surface area contributed by atoms with Crippen molar-refractivity contribution in [2.45, 2.75) is 38.5 Å². The molecule has 2 saturated heterocycles. The van der Waals surface area contributed by atoms with Crippen LogP contribution in [0.25, 0.3) is 0 Å². The molecule has 27 heavy (non-hydrogen) atoms. The van der Waals surface area contributed by atoms with E-state index in [9.17, 15) is 4.79 Å². The van der Waals surface area contributed by atoms with E-state index in [2.05, 4.69) is 33.5 Å². The van der Waals surface area contributed by atoms with E-state index >= 15 is 0 Å². The van der Waals surface area contributed by atoms with Crippen LogP contribution >= 0.6 is 0 Å². The van der Waals surface area contributed by atoms with Crippen LogP contribution in [-0.4, -0.2) is 62.2 Å². The van der Waals surface area contributed by atoms with Gasteiger partial charge in [0.2, 0.25) is 0 Å². The summed E-state index contributed by atoms with van der Waals surface area (Å²) < 4.78 is 9.70. The highest BCUT2D eigenvalue weighted by molar-refractivity contribution is 5.92. The van der Waals surface area contributed by atoms with E-state index in [0.29, 0.717) is 18.2 Å². The molecule has 2 fully saturated rings. The van der Waals surface area contributed by atoms with E-state index in [0.717, 1.165) is 45.6 Å². The first-order valence-corrected chi connectivity index (χ1v) is 9.73. The van der Waals surface area contributed by atoms with E-state index in [1.165, 1.54) is 5.56 Å². The van der Waals surface area contributed by atoms with Gasteiger partial charge in [0.05, 0.1) is 11.8 Å². The second-order valence-electron chi connectivity index (χ2n) is 7.63. The molecule has 2 aliphatic heterocycles. The largest absolute Gasteiger partial charge is 0.372 e. The summed E-state index contributed by atoms with van der Waals surface area (Å²) in [5, 5.41) is 11.4. The van der Waals surface area contributed by atoms with Crippen LogP contribution in [0.5, 0.6) is 0 Å². The summed E-state index contributed by atoms with van der Waals surface area (Å²) in [7, 11) is 1.78. The minimum Gasteiger partial charge on any atom is -0.372 e. The maximum atomic E-state index is 12.2. The quantitative estimate of drug-likeness (QED) is 0.786. The molecule has 8 heteroatoms. The highest BCUT2D eigenvalue weighted by Crippen LogP contribution is 2.42. The van der Waals surface area contributed by atoms with Crippen molar-refractivity contribution >= 4 is 5.91 Å². The molecular formula is C19H28N6O2. The smallest absolute Gasteiger partial charge is 0.269 e. The molecule has 8 nitrogen and oxygen atoms in total. The Kier molecular flexibility index (Phi) is 5.01. The molecule has 0 radical (unpaired) electrons. The molecule has 0 aromatic carbocycles. The Balaban J connectivity index is 1.25. The molecule has 146 valence electrons. The lowest BCUT2D eigenvalue weighted by Gasteiger charge is -2.50. The first-order chi connectivity index (χ1) is 13.1. The summed E-state index contributed by atoms with van der Waals surface area (Å²) in [4.78, 5) is 14.6. The van der Waals surface area contributed by atoms with Gasteiger partial charge in [-0.2, -0.15) is 10.2 Å². The van der Waals surface area contributed by atoms with Crippen molar-refractivity contribution in [1.82, 2.24) is 29.8 Å². The number of aryl methyl sites for hydroxylation is 2. The van der Waals surface area contributed by atoms with Gasteiger partial charge in [-0.1, -0.05) is 0 Å². The molecule has 1 amide bonds. The molecule has 0 saturated carbocycles. The van der Waals surface area contributed by atoms with E-state index < -0.39 is 0 Å². The van der Waals surface area contributed by atoms with Crippen LogP contribution in [-0.2, 0) is 24.9 Å². The number of likely N-dealkylation sites (tertiary alicyclic amines) is 1. The molecule has 0 aliphatic carbocycles. The zero-order valence-corrected chi connectivity index (χ0v) is 16.1. The SMILES string of the molecule is CCn1cc(CN2CC3(C2)OCCC3CCNC(=O)c2ccnn2C)cn1. The molecule has 1 unspecified atom stereocenters. The van der Waals surface area contributed by atoms with Gasteiger partial charge in [-0.05, 0) is 31.7 Å². The summed E-state index contributed by atoms with van der Waals surface area (Å²) >= 11 is 0. The van der Waals surface area contributed by atoms with Gasteiger partial charge in [0.15, 0.2) is 0 Å². The van der Waals surface area contributed by atoms with Crippen molar-refractivity contribution in [3.05, 3.63) is 35.9 Å². The van der Waals surface area contributed by atoms with Crippen molar-refractivity contribution in [2.24, 2.45) is 13.0 Å². The molecular weight excluding hydrogens is 344 g/mol. The third-order valence-electron chi connectivity index (χ3n) is 5.83. The number of hydrogen-bond acceptors (Lipinski definition) is 5. The second kappa shape index (κ2) is 7.44. The van der Waals surface area contributed by atoms with Gasteiger partial charge in [-0.25, -0.2) is 0 Å². The zero-order chi connectivity index (χ0) is 18.9. The van der Waals surface area contributed by atoms with Crippen molar-refractivity contribution < 1.29 is 9.53 Å². The Bertz CT molecular complexity index is 792. The van der Waals surface area contributed by atoms with Crippen LogP contribution in [0.2, 0.25) is 0 Å². The van der Waals surface area contributed by atoms with Gasteiger partial charge in [0.25, 0.3) is 5.91 Å². The van der Waals surface area contributed by atoms with Crippen LogP contribution in [0.4, 0.5) is 0 Å². The summed E-state index contributed by atoms with van der Waals surface area (Å²) in [5.74, 6) is 0.435. The number of nitrogens with one attached hydrogen (secondary N) is 1. The highest BCUT2D eigenvalue weighted by atomic mass is 16.5. The van der Waals surface area contributed by atoms with E-state index in [4.69, 9.17) is 4.74 Å². The highest BCUT2D eigenvalue weighted by Gasteiger charge is 2.52. The Morgan fingerprint density at radius 1 is 1.41 bits per heavy atom. The standard InChI is InChI=1S/C19H28N6O2/c1-3-25-12-15(10-22-25)11-24-13-19(14-24)16(6-9-27-19)4-7-20-18(26)17-5-8-21-23(17)2/h5,8,10,12,16H,3-4,6-7,9,11,13-14H2,1-2H3,(H,20,26). The van der Waals surface area contributed by atoms with Gasteiger partial charge in [-0.3, -0.25) is 19.1 Å². The fourth-order valence-electron chi connectivity index (χ4n) is 4.33. The number of nitrogens with zero attached hydrogens (tertiary/aromatic N) is 5. The lowest BCUT2D eigenvalue weighted by atomic mass is 9.79. The summed E-state index contributed by atoms with van der Waals surface area (Å²) in [6.45, 7) is 7.34. The van der Waals surface area contributed by atoms with Crippen LogP contribution in [0.1, 0.15) is 35.8 Å².